The van der Waals surface area contributed by atoms with Crippen LogP contribution in [0.4, 0.5) is 0 Å². The van der Waals surface area contributed by atoms with Crippen LogP contribution in [0.15, 0.2) is 54.6 Å². The van der Waals surface area contributed by atoms with Gasteiger partial charge >= 0.3 is 0 Å². The molecule has 192 valence electrons. The Kier molecular flexibility index (Phi) is 11.2. The van der Waals surface area contributed by atoms with E-state index in [0.717, 1.165) is 29.5 Å². The fraction of sp³-hybridized carbons (Fsp3) is 0.321. The standard InChI is InChI=1S/C28H30Cl4N2O2/c1-18-14-24(30)27(25(31)15-18)36-13-3-4-19-7-9-20(10-8-19)16-21(11-12-33)28(35)34-17-22-5-2-6-23(29)26(22)32/h2,5-10,14-15,21H,3-4,11-13,16-17,33H2,1H3,(H,34,35). The van der Waals surface area contributed by atoms with Gasteiger partial charge in [-0.05, 0) is 79.6 Å². The van der Waals surface area contributed by atoms with E-state index in [9.17, 15) is 4.79 Å². The minimum absolute atomic E-state index is 0.0499. The highest BCUT2D eigenvalue weighted by Gasteiger charge is 2.19. The molecule has 0 radical (unpaired) electrons. The Morgan fingerprint density at radius 1 is 0.972 bits per heavy atom. The Morgan fingerprint density at radius 3 is 2.31 bits per heavy atom. The molecular formula is C28H30Cl4N2O2. The Morgan fingerprint density at radius 2 is 1.64 bits per heavy atom. The van der Waals surface area contributed by atoms with E-state index in [0.29, 0.717) is 58.4 Å². The van der Waals surface area contributed by atoms with Crippen LogP contribution in [0, 0.1) is 12.8 Å². The number of nitrogens with two attached hydrogens (primary N) is 1. The lowest BCUT2D eigenvalue weighted by Gasteiger charge is -2.17. The Hall–Kier alpha value is -1.95. The molecule has 0 aliphatic rings. The molecule has 0 aliphatic heterocycles. The Balaban J connectivity index is 1.49. The summed E-state index contributed by atoms with van der Waals surface area (Å²) >= 11 is 24.8. The minimum Gasteiger partial charge on any atom is -0.490 e. The van der Waals surface area contributed by atoms with Crippen molar-refractivity contribution in [3.63, 3.8) is 0 Å². The molecule has 0 heterocycles. The van der Waals surface area contributed by atoms with Crippen LogP contribution in [0.3, 0.4) is 0 Å². The summed E-state index contributed by atoms with van der Waals surface area (Å²) in [5.74, 6) is 0.253. The van der Waals surface area contributed by atoms with Crippen molar-refractivity contribution < 1.29 is 9.53 Å². The van der Waals surface area contributed by atoms with E-state index in [1.54, 1.807) is 6.07 Å². The number of ether oxygens (including phenoxy) is 1. The van der Waals surface area contributed by atoms with Crippen molar-refractivity contribution >= 4 is 52.3 Å². The van der Waals surface area contributed by atoms with Crippen LogP contribution in [0.5, 0.6) is 5.75 Å². The van der Waals surface area contributed by atoms with Crippen molar-refractivity contribution in [2.45, 2.75) is 39.2 Å². The first-order valence-electron chi connectivity index (χ1n) is 11.9. The number of halogens is 4. The van der Waals surface area contributed by atoms with Crippen molar-refractivity contribution in [2.75, 3.05) is 13.2 Å². The van der Waals surface area contributed by atoms with E-state index in [1.807, 2.05) is 31.2 Å². The maximum absolute atomic E-state index is 12.9. The SMILES string of the molecule is Cc1cc(Cl)c(OCCCc2ccc(CC(CCN)C(=O)NCc3cccc(Cl)c3Cl)cc2)c(Cl)c1. The fourth-order valence-corrected chi connectivity index (χ4v) is 5.03. The molecular weight excluding hydrogens is 538 g/mol. The Labute approximate surface area is 233 Å². The summed E-state index contributed by atoms with van der Waals surface area (Å²) in [5, 5.41) is 4.95. The first kappa shape index (κ1) is 28.6. The maximum Gasteiger partial charge on any atom is 0.223 e. The molecule has 0 saturated heterocycles. The number of aryl methyl sites for hydroxylation is 2. The molecule has 0 saturated carbocycles. The summed E-state index contributed by atoms with van der Waals surface area (Å²) in [6.45, 7) is 3.20. The minimum atomic E-state index is -0.226. The fourth-order valence-electron chi connectivity index (χ4n) is 3.94. The van der Waals surface area contributed by atoms with Gasteiger partial charge in [0.25, 0.3) is 0 Å². The topological polar surface area (TPSA) is 64.3 Å². The molecule has 0 fully saturated rings. The van der Waals surface area contributed by atoms with Gasteiger partial charge in [0.05, 0.1) is 26.7 Å². The normalized spacial score (nSPS) is 11.8. The van der Waals surface area contributed by atoms with Gasteiger partial charge in [0, 0.05) is 12.5 Å². The number of rotatable bonds is 12. The van der Waals surface area contributed by atoms with Crippen molar-refractivity contribution in [1.82, 2.24) is 5.32 Å². The number of hydrogen-bond donors (Lipinski definition) is 2. The van der Waals surface area contributed by atoms with Gasteiger partial charge in [-0.3, -0.25) is 4.79 Å². The third-order valence-electron chi connectivity index (χ3n) is 5.87. The molecule has 8 heteroatoms. The number of benzene rings is 3. The number of carbonyl (C=O) groups is 1. The van der Waals surface area contributed by atoms with Gasteiger partial charge < -0.3 is 15.8 Å². The quantitative estimate of drug-likeness (QED) is 0.223. The zero-order chi connectivity index (χ0) is 26.1. The molecule has 0 aliphatic carbocycles. The van der Waals surface area contributed by atoms with Gasteiger partial charge in [-0.2, -0.15) is 0 Å². The monoisotopic (exact) mass is 566 g/mol. The van der Waals surface area contributed by atoms with Crippen molar-refractivity contribution in [1.29, 1.82) is 0 Å². The van der Waals surface area contributed by atoms with Crippen LogP contribution in [0.25, 0.3) is 0 Å². The summed E-state index contributed by atoms with van der Waals surface area (Å²) in [7, 11) is 0. The van der Waals surface area contributed by atoms with E-state index in [1.165, 1.54) is 5.56 Å². The number of carbonyl (C=O) groups excluding carboxylic acids is 1. The predicted octanol–water partition coefficient (Wildman–Crippen LogP) is 7.44. The second kappa shape index (κ2) is 14.1. The van der Waals surface area contributed by atoms with Crippen molar-refractivity contribution in [3.05, 3.63) is 96.9 Å². The summed E-state index contributed by atoms with van der Waals surface area (Å²) in [5.41, 5.74) is 9.84. The second-order valence-corrected chi connectivity index (χ2v) is 10.3. The number of hydrogen-bond acceptors (Lipinski definition) is 3. The van der Waals surface area contributed by atoms with Crippen LogP contribution >= 0.6 is 46.4 Å². The highest BCUT2D eigenvalue weighted by molar-refractivity contribution is 6.42. The van der Waals surface area contributed by atoms with Crippen molar-refractivity contribution in [3.8, 4) is 5.75 Å². The number of amides is 1. The van der Waals surface area contributed by atoms with E-state index in [4.69, 9.17) is 56.9 Å². The van der Waals surface area contributed by atoms with Crippen LogP contribution < -0.4 is 15.8 Å². The van der Waals surface area contributed by atoms with Crippen LogP contribution in [-0.2, 0) is 24.2 Å². The zero-order valence-corrected chi connectivity index (χ0v) is 23.2. The summed E-state index contributed by atoms with van der Waals surface area (Å²) in [6.07, 6.45) is 2.89. The first-order valence-corrected chi connectivity index (χ1v) is 13.4. The Bertz CT molecular complexity index is 1150. The van der Waals surface area contributed by atoms with Gasteiger partial charge in [-0.15, -0.1) is 0 Å². The highest BCUT2D eigenvalue weighted by atomic mass is 35.5. The summed E-state index contributed by atoms with van der Waals surface area (Å²) in [6, 6.07) is 17.4. The van der Waals surface area contributed by atoms with E-state index < -0.39 is 0 Å². The molecule has 3 rings (SSSR count). The predicted molar refractivity (Wildman–Crippen MR) is 151 cm³/mol. The molecule has 3 aromatic rings. The molecule has 1 amide bonds. The average Bonchev–Trinajstić information content (AvgIpc) is 2.84. The second-order valence-electron chi connectivity index (χ2n) is 8.74. The van der Waals surface area contributed by atoms with Gasteiger partial charge in [-0.25, -0.2) is 0 Å². The molecule has 0 aromatic heterocycles. The molecule has 4 nitrogen and oxygen atoms in total. The van der Waals surface area contributed by atoms with Gasteiger partial charge in [0.2, 0.25) is 5.91 Å². The first-order chi connectivity index (χ1) is 17.3. The lowest BCUT2D eigenvalue weighted by atomic mass is 9.94. The molecule has 0 spiro atoms. The molecule has 36 heavy (non-hydrogen) atoms. The summed E-state index contributed by atoms with van der Waals surface area (Å²) < 4.78 is 5.81. The van der Waals surface area contributed by atoms with E-state index in [2.05, 4.69) is 29.6 Å². The van der Waals surface area contributed by atoms with Gasteiger partial charge in [0.1, 0.15) is 0 Å². The average molecular weight is 568 g/mol. The van der Waals surface area contributed by atoms with Crippen LogP contribution in [0.2, 0.25) is 20.1 Å². The van der Waals surface area contributed by atoms with Crippen molar-refractivity contribution in [2.24, 2.45) is 11.7 Å². The number of nitrogens with one attached hydrogen (secondary N) is 1. The lowest BCUT2D eigenvalue weighted by Crippen LogP contribution is -2.33. The summed E-state index contributed by atoms with van der Waals surface area (Å²) in [4.78, 5) is 12.9. The van der Waals surface area contributed by atoms with E-state index >= 15 is 0 Å². The van der Waals surface area contributed by atoms with E-state index in [-0.39, 0.29) is 11.8 Å². The van der Waals surface area contributed by atoms with Crippen LogP contribution in [-0.4, -0.2) is 19.1 Å². The lowest BCUT2D eigenvalue weighted by molar-refractivity contribution is -0.125. The molecule has 3 N–H and O–H groups in total. The molecule has 1 atom stereocenters. The third kappa shape index (κ3) is 8.29. The third-order valence-corrected chi connectivity index (χ3v) is 7.29. The molecule has 3 aromatic carbocycles. The zero-order valence-electron chi connectivity index (χ0n) is 20.1. The highest BCUT2D eigenvalue weighted by Crippen LogP contribution is 2.34. The molecule has 0 bridgehead atoms. The maximum atomic E-state index is 12.9. The molecule has 1 unspecified atom stereocenters. The smallest absolute Gasteiger partial charge is 0.223 e. The van der Waals surface area contributed by atoms with Crippen LogP contribution in [0.1, 0.15) is 35.1 Å². The van der Waals surface area contributed by atoms with Gasteiger partial charge in [0.15, 0.2) is 5.75 Å². The largest absolute Gasteiger partial charge is 0.490 e. The van der Waals surface area contributed by atoms with Gasteiger partial charge in [-0.1, -0.05) is 82.8 Å².